The smallest absolute Gasteiger partial charge is 0.0625 e. The Morgan fingerprint density at radius 1 is 1.12 bits per heavy atom. The van der Waals surface area contributed by atoms with E-state index in [-0.39, 0.29) is 0 Å². The molecule has 1 saturated heterocycles. The molecule has 2 heterocycles. The van der Waals surface area contributed by atoms with Crippen LogP contribution in [0.2, 0.25) is 0 Å². The Balaban J connectivity index is 1.91. The van der Waals surface area contributed by atoms with Crippen molar-refractivity contribution in [2.75, 3.05) is 32.8 Å². The molecular formula is C12H21N3O. The highest BCUT2D eigenvalue weighted by Crippen LogP contribution is 2.10. The molecule has 4 nitrogen and oxygen atoms in total. The largest absolute Gasteiger partial charge is 0.379 e. The van der Waals surface area contributed by atoms with Gasteiger partial charge in [0.05, 0.1) is 25.5 Å². The van der Waals surface area contributed by atoms with Gasteiger partial charge in [0, 0.05) is 25.3 Å². The van der Waals surface area contributed by atoms with E-state index < -0.39 is 0 Å². The van der Waals surface area contributed by atoms with Crippen molar-refractivity contribution in [2.24, 2.45) is 0 Å². The Labute approximate surface area is 97.2 Å². The van der Waals surface area contributed by atoms with Crippen LogP contribution in [0.15, 0.2) is 0 Å². The molecule has 0 spiro atoms. The predicted molar refractivity (Wildman–Crippen MR) is 63.7 cm³/mol. The van der Waals surface area contributed by atoms with Gasteiger partial charge in [-0.15, -0.1) is 0 Å². The lowest BCUT2D eigenvalue weighted by atomic mass is 10.2. The van der Waals surface area contributed by atoms with Gasteiger partial charge in [-0.2, -0.15) is 5.10 Å². The first kappa shape index (κ1) is 11.6. The minimum Gasteiger partial charge on any atom is -0.379 e. The number of nitrogens with zero attached hydrogens (tertiary/aromatic N) is 3. The van der Waals surface area contributed by atoms with E-state index in [1.165, 1.54) is 11.3 Å². The number of aromatic nitrogens is 2. The van der Waals surface area contributed by atoms with E-state index in [2.05, 4.69) is 35.5 Å². The maximum Gasteiger partial charge on any atom is 0.0625 e. The van der Waals surface area contributed by atoms with Crippen LogP contribution in [0.5, 0.6) is 0 Å². The molecular weight excluding hydrogens is 202 g/mol. The van der Waals surface area contributed by atoms with Gasteiger partial charge in [0.25, 0.3) is 0 Å². The lowest BCUT2D eigenvalue weighted by Crippen LogP contribution is -2.38. The van der Waals surface area contributed by atoms with Crippen molar-refractivity contribution < 1.29 is 4.74 Å². The molecule has 0 amide bonds. The second-order valence-electron chi connectivity index (χ2n) is 4.47. The number of rotatable bonds is 3. The highest BCUT2D eigenvalue weighted by atomic mass is 16.5. The van der Waals surface area contributed by atoms with Crippen LogP contribution in [0.3, 0.4) is 0 Å². The summed E-state index contributed by atoms with van der Waals surface area (Å²) in [6.45, 7) is 12.3. The minimum absolute atomic E-state index is 0.871. The molecule has 0 atom stereocenters. The third-order valence-electron chi connectivity index (χ3n) is 3.48. The third kappa shape index (κ3) is 2.44. The summed E-state index contributed by atoms with van der Waals surface area (Å²) < 4.78 is 7.46. The van der Waals surface area contributed by atoms with Crippen molar-refractivity contribution in [3.8, 4) is 0 Å². The number of hydrogen-bond acceptors (Lipinski definition) is 3. The molecule has 0 radical (unpaired) electrons. The van der Waals surface area contributed by atoms with Gasteiger partial charge in [-0.05, 0) is 26.3 Å². The van der Waals surface area contributed by atoms with Gasteiger partial charge >= 0.3 is 0 Å². The zero-order valence-corrected chi connectivity index (χ0v) is 10.5. The standard InChI is InChI=1S/C12H21N3O/c1-10-11(2)13-15(12(10)3)5-4-14-6-8-16-9-7-14/h4-9H2,1-3H3. The van der Waals surface area contributed by atoms with Crippen LogP contribution in [0.4, 0.5) is 0 Å². The van der Waals surface area contributed by atoms with Gasteiger partial charge in [0.2, 0.25) is 0 Å². The molecule has 1 aliphatic heterocycles. The Morgan fingerprint density at radius 2 is 1.81 bits per heavy atom. The average molecular weight is 223 g/mol. The zero-order chi connectivity index (χ0) is 11.5. The molecule has 90 valence electrons. The first-order valence-electron chi connectivity index (χ1n) is 5.99. The van der Waals surface area contributed by atoms with Gasteiger partial charge in [-0.25, -0.2) is 0 Å². The maximum absolute atomic E-state index is 5.33. The summed E-state index contributed by atoms with van der Waals surface area (Å²) in [5.41, 5.74) is 3.77. The van der Waals surface area contributed by atoms with Gasteiger partial charge in [0.15, 0.2) is 0 Å². The Morgan fingerprint density at radius 3 is 2.38 bits per heavy atom. The van der Waals surface area contributed by atoms with Crippen LogP contribution >= 0.6 is 0 Å². The monoisotopic (exact) mass is 223 g/mol. The van der Waals surface area contributed by atoms with E-state index in [1.54, 1.807) is 0 Å². The van der Waals surface area contributed by atoms with Gasteiger partial charge in [0.1, 0.15) is 0 Å². The molecule has 0 aliphatic carbocycles. The molecule has 1 aromatic rings. The van der Waals surface area contributed by atoms with Gasteiger partial charge in [-0.3, -0.25) is 9.58 Å². The third-order valence-corrected chi connectivity index (χ3v) is 3.48. The van der Waals surface area contributed by atoms with Gasteiger partial charge in [-0.1, -0.05) is 0 Å². The summed E-state index contributed by atoms with van der Waals surface area (Å²) in [6.07, 6.45) is 0. The summed E-state index contributed by atoms with van der Waals surface area (Å²) in [7, 11) is 0. The highest BCUT2D eigenvalue weighted by molar-refractivity contribution is 5.22. The summed E-state index contributed by atoms with van der Waals surface area (Å²) >= 11 is 0. The van der Waals surface area contributed by atoms with Crippen molar-refractivity contribution in [1.29, 1.82) is 0 Å². The number of aryl methyl sites for hydroxylation is 1. The molecule has 4 heteroatoms. The fourth-order valence-corrected chi connectivity index (χ4v) is 2.07. The lowest BCUT2D eigenvalue weighted by Gasteiger charge is -2.26. The second-order valence-corrected chi connectivity index (χ2v) is 4.47. The summed E-state index contributed by atoms with van der Waals surface area (Å²) in [5, 5.41) is 4.55. The summed E-state index contributed by atoms with van der Waals surface area (Å²) in [4.78, 5) is 2.44. The molecule has 1 aromatic heterocycles. The van der Waals surface area contributed by atoms with Crippen molar-refractivity contribution >= 4 is 0 Å². The predicted octanol–water partition coefficient (Wildman–Crippen LogP) is 1.14. The van der Waals surface area contributed by atoms with Crippen LogP contribution in [0, 0.1) is 20.8 Å². The van der Waals surface area contributed by atoms with Crippen LogP contribution in [0.25, 0.3) is 0 Å². The molecule has 1 fully saturated rings. The highest BCUT2D eigenvalue weighted by Gasteiger charge is 2.12. The molecule has 2 rings (SSSR count). The fourth-order valence-electron chi connectivity index (χ4n) is 2.07. The van der Waals surface area contributed by atoms with Crippen LogP contribution in [-0.4, -0.2) is 47.5 Å². The van der Waals surface area contributed by atoms with E-state index in [1.807, 2.05) is 0 Å². The second kappa shape index (κ2) is 4.97. The average Bonchev–Trinajstić information content (AvgIpc) is 2.56. The number of morpholine rings is 1. The lowest BCUT2D eigenvalue weighted by molar-refractivity contribution is 0.0359. The molecule has 16 heavy (non-hydrogen) atoms. The molecule has 0 unspecified atom stereocenters. The van der Waals surface area contributed by atoms with Crippen molar-refractivity contribution in [3.63, 3.8) is 0 Å². The van der Waals surface area contributed by atoms with Crippen molar-refractivity contribution in [2.45, 2.75) is 27.3 Å². The summed E-state index contributed by atoms with van der Waals surface area (Å²) in [5.74, 6) is 0. The van der Waals surface area contributed by atoms with Crippen LogP contribution in [0.1, 0.15) is 17.0 Å². The zero-order valence-electron chi connectivity index (χ0n) is 10.5. The molecule has 0 aromatic carbocycles. The molecule has 1 aliphatic rings. The topological polar surface area (TPSA) is 30.3 Å². The Hall–Kier alpha value is -0.870. The van der Waals surface area contributed by atoms with E-state index >= 15 is 0 Å². The van der Waals surface area contributed by atoms with E-state index in [0.29, 0.717) is 0 Å². The van der Waals surface area contributed by atoms with Crippen LogP contribution in [-0.2, 0) is 11.3 Å². The van der Waals surface area contributed by atoms with Crippen LogP contribution < -0.4 is 0 Å². The van der Waals surface area contributed by atoms with E-state index in [0.717, 1.165) is 45.1 Å². The van der Waals surface area contributed by atoms with E-state index in [9.17, 15) is 0 Å². The fraction of sp³-hybridized carbons (Fsp3) is 0.750. The molecule has 0 N–H and O–H groups in total. The molecule has 0 bridgehead atoms. The number of ether oxygens (including phenoxy) is 1. The molecule has 0 saturated carbocycles. The van der Waals surface area contributed by atoms with Crippen molar-refractivity contribution in [1.82, 2.24) is 14.7 Å². The quantitative estimate of drug-likeness (QED) is 0.770. The van der Waals surface area contributed by atoms with Gasteiger partial charge < -0.3 is 4.74 Å². The summed E-state index contributed by atoms with van der Waals surface area (Å²) in [6, 6.07) is 0. The number of hydrogen-bond donors (Lipinski definition) is 0. The normalized spacial score (nSPS) is 17.9. The van der Waals surface area contributed by atoms with E-state index in [4.69, 9.17) is 4.74 Å². The Kier molecular flexibility index (Phi) is 3.61. The SMILES string of the molecule is Cc1nn(CCN2CCOCC2)c(C)c1C. The first-order valence-corrected chi connectivity index (χ1v) is 5.99. The maximum atomic E-state index is 5.33. The Bertz CT molecular complexity index is 353. The first-order chi connectivity index (χ1) is 7.68. The van der Waals surface area contributed by atoms with Crippen molar-refractivity contribution in [3.05, 3.63) is 17.0 Å². The minimum atomic E-state index is 0.871.